The van der Waals surface area contributed by atoms with E-state index in [-0.39, 0.29) is 12.4 Å². The third-order valence-electron chi connectivity index (χ3n) is 4.93. The number of hydrogen-bond acceptors (Lipinski definition) is 7. The number of pyridine rings is 2. The average molecular weight is 447 g/mol. The average Bonchev–Trinajstić information content (AvgIpc) is 3.24. The lowest BCUT2D eigenvalue weighted by atomic mass is 9.96. The summed E-state index contributed by atoms with van der Waals surface area (Å²) in [5.41, 5.74) is 18.3. The standard InChI is InChI=1S/C23H18N6S.ClH/c24-13-14-6-8-16(9-7-14)20-17(15-4-2-1-3-5-15)12-18-19(27-20)10-11-26-21(18)22-28-29-23(25)30-22;/h1-12H,13,24H2,(H2,25,29);1H. The number of aromatic nitrogens is 4. The van der Waals surface area contributed by atoms with Gasteiger partial charge in [0.1, 0.15) is 5.69 Å². The molecule has 3 heterocycles. The lowest BCUT2D eigenvalue weighted by molar-refractivity contribution is 1.07. The minimum Gasteiger partial charge on any atom is -0.374 e. The quantitative estimate of drug-likeness (QED) is 0.405. The van der Waals surface area contributed by atoms with Crippen LogP contribution in [-0.2, 0) is 6.54 Å². The van der Waals surface area contributed by atoms with Crippen molar-refractivity contribution in [3.8, 4) is 33.1 Å². The summed E-state index contributed by atoms with van der Waals surface area (Å²) in [6.45, 7) is 0.511. The number of halogens is 1. The molecule has 0 radical (unpaired) electrons. The predicted molar refractivity (Wildman–Crippen MR) is 129 cm³/mol. The van der Waals surface area contributed by atoms with E-state index in [9.17, 15) is 0 Å². The third kappa shape index (κ3) is 3.98. The molecule has 0 amide bonds. The summed E-state index contributed by atoms with van der Waals surface area (Å²) < 4.78 is 0. The molecule has 2 aromatic carbocycles. The fourth-order valence-corrected chi connectivity index (χ4v) is 4.07. The molecule has 5 rings (SSSR count). The van der Waals surface area contributed by atoms with Crippen LogP contribution in [0.4, 0.5) is 5.13 Å². The van der Waals surface area contributed by atoms with Gasteiger partial charge in [-0.15, -0.1) is 22.6 Å². The van der Waals surface area contributed by atoms with E-state index in [0.29, 0.717) is 16.7 Å². The molecular formula is C23H19ClN6S. The number of anilines is 1. The molecule has 31 heavy (non-hydrogen) atoms. The highest BCUT2D eigenvalue weighted by Gasteiger charge is 2.16. The van der Waals surface area contributed by atoms with Crippen molar-refractivity contribution in [1.29, 1.82) is 0 Å². The van der Waals surface area contributed by atoms with Crippen LogP contribution in [-0.4, -0.2) is 20.2 Å². The van der Waals surface area contributed by atoms with Gasteiger partial charge in [0.15, 0.2) is 5.01 Å². The second-order valence-electron chi connectivity index (χ2n) is 6.82. The van der Waals surface area contributed by atoms with Gasteiger partial charge in [0, 0.05) is 29.3 Å². The topological polar surface area (TPSA) is 104 Å². The molecule has 3 aromatic heterocycles. The van der Waals surface area contributed by atoms with E-state index in [4.69, 9.17) is 16.5 Å². The number of fused-ring (bicyclic) bond motifs is 1. The summed E-state index contributed by atoms with van der Waals surface area (Å²) in [4.78, 5) is 9.57. The van der Waals surface area contributed by atoms with E-state index < -0.39 is 0 Å². The van der Waals surface area contributed by atoms with Crippen LogP contribution in [0.5, 0.6) is 0 Å². The maximum atomic E-state index is 5.80. The van der Waals surface area contributed by atoms with Gasteiger partial charge >= 0.3 is 0 Å². The first-order chi connectivity index (χ1) is 14.7. The molecule has 0 fully saturated rings. The number of nitrogens with two attached hydrogens (primary N) is 2. The maximum absolute atomic E-state index is 5.80. The van der Waals surface area contributed by atoms with Gasteiger partial charge in [0.05, 0.1) is 11.2 Å². The van der Waals surface area contributed by atoms with E-state index in [1.807, 2.05) is 36.4 Å². The van der Waals surface area contributed by atoms with Gasteiger partial charge in [0.25, 0.3) is 0 Å². The zero-order valence-electron chi connectivity index (χ0n) is 16.4. The highest BCUT2D eigenvalue weighted by molar-refractivity contribution is 7.18. The van der Waals surface area contributed by atoms with E-state index in [2.05, 4.69) is 45.5 Å². The molecular weight excluding hydrogens is 428 g/mol. The van der Waals surface area contributed by atoms with Crippen LogP contribution in [0.15, 0.2) is 72.9 Å². The van der Waals surface area contributed by atoms with Gasteiger partial charge in [-0.05, 0) is 23.3 Å². The Bertz CT molecular complexity index is 1340. The molecule has 4 N–H and O–H groups in total. The molecule has 0 spiro atoms. The molecule has 0 saturated heterocycles. The lowest BCUT2D eigenvalue weighted by Gasteiger charge is -2.13. The van der Waals surface area contributed by atoms with Crippen LogP contribution < -0.4 is 11.5 Å². The lowest BCUT2D eigenvalue weighted by Crippen LogP contribution is -1.97. The molecule has 0 saturated carbocycles. The SMILES string of the molecule is Cl.NCc1ccc(-c2nc3ccnc(-c4nnc(N)s4)c3cc2-c2ccccc2)cc1. The van der Waals surface area contributed by atoms with Crippen molar-refractivity contribution in [3.63, 3.8) is 0 Å². The minimum absolute atomic E-state index is 0. The number of rotatable bonds is 4. The molecule has 6 nitrogen and oxygen atoms in total. The summed E-state index contributed by atoms with van der Waals surface area (Å²) in [5.74, 6) is 0. The normalized spacial score (nSPS) is 10.7. The van der Waals surface area contributed by atoms with Gasteiger partial charge in [0.2, 0.25) is 5.13 Å². The van der Waals surface area contributed by atoms with Crippen molar-refractivity contribution in [2.75, 3.05) is 5.73 Å². The maximum Gasteiger partial charge on any atom is 0.203 e. The Balaban J connectivity index is 0.00000231. The Hall–Kier alpha value is -3.39. The Kier molecular flexibility index (Phi) is 5.90. The van der Waals surface area contributed by atoms with Crippen molar-refractivity contribution < 1.29 is 0 Å². The van der Waals surface area contributed by atoms with Gasteiger partial charge in [-0.3, -0.25) is 4.98 Å². The first kappa shape index (κ1) is 20.9. The summed E-state index contributed by atoms with van der Waals surface area (Å²) in [6, 6.07) is 22.5. The number of nitrogens with zero attached hydrogens (tertiary/aromatic N) is 4. The van der Waals surface area contributed by atoms with Crippen molar-refractivity contribution >= 4 is 39.8 Å². The summed E-state index contributed by atoms with van der Waals surface area (Å²) in [6.07, 6.45) is 1.74. The Morgan fingerprint density at radius 2 is 1.61 bits per heavy atom. The predicted octanol–water partition coefficient (Wildman–Crippen LogP) is 4.95. The second-order valence-corrected chi connectivity index (χ2v) is 7.83. The second kappa shape index (κ2) is 8.77. The van der Waals surface area contributed by atoms with Crippen molar-refractivity contribution in [1.82, 2.24) is 20.2 Å². The molecule has 154 valence electrons. The highest BCUT2D eigenvalue weighted by atomic mass is 35.5. The van der Waals surface area contributed by atoms with Gasteiger partial charge < -0.3 is 11.5 Å². The van der Waals surface area contributed by atoms with E-state index in [1.54, 1.807) is 6.20 Å². The molecule has 8 heteroatoms. The Morgan fingerprint density at radius 3 is 2.29 bits per heavy atom. The summed E-state index contributed by atoms with van der Waals surface area (Å²) >= 11 is 1.32. The fraction of sp³-hybridized carbons (Fsp3) is 0.0435. The summed E-state index contributed by atoms with van der Waals surface area (Å²) in [7, 11) is 0. The van der Waals surface area contributed by atoms with Crippen molar-refractivity contribution in [2.24, 2.45) is 5.73 Å². The van der Waals surface area contributed by atoms with E-state index in [1.165, 1.54) is 11.3 Å². The van der Waals surface area contributed by atoms with E-state index in [0.717, 1.165) is 44.5 Å². The Morgan fingerprint density at radius 1 is 0.839 bits per heavy atom. The van der Waals surface area contributed by atoms with Gasteiger partial charge in [-0.1, -0.05) is 65.9 Å². The number of benzene rings is 2. The van der Waals surface area contributed by atoms with Crippen LogP contribution in [0.3, 0.4) is 0 Å². The first-order valence-corrected chi connectivity index (χ1v) is 10.3. The monoisotopic (exact) mass is 446 g/mol. The molecule has 0 aliphatic rings. The van der Waals surface area contributed by atoms with Crippen LogP contribution in [0.2, 0.25) is 0 Å². The molecule has 0 aliphatic carbocycles. The van der Waals surface area contributed by atoms with Crippen molar-refractivity contribution in [3.05, 3.63) is 78.5 Å². The molecule has 0 aliphatic heterocycles. The van der Waals surface area contributed by atoms with Gasteiger partial charge in [-0.25, -0.2) is 4.98 Å². The molecule has 5 aromatic rings. The van der Waals surface area contributed by atoms with Crippen molar-refractivity contribution in [2.45, 2.75) is 6.54 Å². The number of nitrogen functional groups attached to an aromatic ring is 1. The van der Waals surface area contributed by atoms with Crippen LogP contribution in [0, 0.1) is 0 Å². The zero-order valence-corrected chi connectivity index (χ0v) is 18.0. The third-order valence-corrected chi connectivity index (χ3v) is 5.69. The van der Waals surface area contributed by atoms with Crippen LogP contribution in [0.25, 0.3) is 44.0 Å². The van der Waals surface area contributed by atoms with E-state index >= 15 is 0 Å². The Labute approximate surface area is 189 Å². The molecule has 0 atom stereocenters. The fourth-order valence-electron chi connectivity index (χ4n) is 3.45. The smallest absolute Gasteiger partial charge is 0.203 e. The molecule has 0 unspecified atom stereocenters. The summed E-state index contributed by atoms with van der Waals surface area (Å²) in [5, 5.41) is 10.1. The highest BCUT2D eigenvalue weighted by Crippen LogP contribution is 2.37. The molecule has 0 bridgehead atoms. The minimum atomic E-state index is 0. The van der Waals surface area contributed by atoms with Crippen LogP contribution in [0.1, 0.15) is 5.56 Å². The largest absolute Gasteiger partial charge is 0.374 e. The first-order valence-electron chi connectivity index (χ1n) is 9.47. The van der Waals surface area contributed by atoms with Gasteiger partial charge in [-0.2, -0.15) is 0 Å². The number of hydrogen-bond donors (Lipinski definition) is 2. The van der Waals surface area contributed by atoms with Crippen LogP contribution >= 0.6 is 23.7 Å². The zero-order chi connectivity index (χ0) is 20.5.